The molecule has 0 N–H and O–H groups in total. The lowest BCUT2D eigenvalue weighted by Gasteiger charge is -2.04. The molecule has 0 saturated heterocycles. The molecule has 2 aromatic carbocycles. The minimum atomic E-state index is -0.402. The topological polar surface area (TPSA) is 35.5 Å². The lowest BCUT2D eigenvalue weighted by Crippen LogP contribution is -2.03. The van der Waals surface area contributed by atoms with Crippen molar-refractivity contribution in [3.05, 3.63) is 65.2 Å². The van der Waals surface area contributed by atoms with Gasteiger partial charge in [-0.15, -0.1) is 0 Å². The van der Waals surface area contributed by atoms with Crippen LogP contribution < -0.4 is 9.47 Å². The maximum Gasteiger partial charge on any atom is 0.336 e. The average Bonchev–Trinajstić information content (AvgIpc) is 2.49. The van der Waals surface area contributed by atoms with Crippen LogP contribution in [0.25, 0.3) is 6.08 Å². The first-order chi connectivity index (χ1) is 10.1. The summed E-state index contributed by atoms with van der Waals surface area (Å²) in [6, 6.07) is 13.0. The van der Waals surface area contributed by atoms with Gasteiger partial charge in [-0.3, -0.25) is 0 Å². The molecule has 21 heavy (non-hydrogen) atoms. The Morgan fingerprint density at radius 1 is 1.00 bits per heavy atom. The minimum Gasteiger partial charge on any atom is -0.497 e. The van der Waals surface area contributed by atoms with E-state index in [0.29, 0.717) is 5.75 Å². The molecular weight excluding hydrogens is 264 g/mol. The SMILES string of the molecule is COc1cccc(/C=C/C(=O)Oc2ccc(C)c(C)c2)c1. The van der Waals surface area contributed by atoms with E-state index in [4.69, 9.17) is 9.47 Å². The van der Waals surface area contributed by atoms with Crippen LogP contribution in [0.5, 0.6) is 11.5 Å². The van der Waals surface area contributed by atoms with Gasteiger partial charge in [-0.25, -0.2) is 4.79 Å². The lowest BCUT2D eigenvalue weighted by atomic mass is 10.1. The van der Waals surface area contributed by atoms with Gasteiger partial charge in [-0.05, 0) is 60.9 Å². The van der Waals surface area contributed by atoms with Crippen molar-refractivity contribution < 1.29 is 14.3 Å². The normalized spacial score (nSPS) is 10.6. The maximum absolute atomic E-state index is 11.8. The van der Waals surface area contributed by atoms with Crippen LogP contribution in [0.1, 0.15) is 16.7 Å². The van der Waals surface area contributed by atoms with Gasteiger partial charge in [-0.1, -0.05) is 18.2 Å². The summed E-state index contributed by atoms with van der Waals surface area (Å²) in [5, 5.41) is 0. The van der Waals surface area contributed by atoms with Crippen molar-refractivity contribution in [3.8, 4) is 11.5 Å². The fourth-order valence-electron chi connectivity index (χ4n) is 1.84. The van der Waals surface area contributed by atoms with E-state index in [2.05, 4.69) is 0 Å². The van der Waals surface area contributed by atoms with Crippen LogP contribution in [0.2, 0.25) is 0 Å². The Kier molecular flexibility index (Phi) is 4.77. The number of methoxy groups -OCH3 is 1. The smallest absolute Gasteiger partial charge is 0.336 e. The quantitative estimate of drug-likeness (QED) is 0.484. The summed E-state index contributed by atoms with van der Waals surface area (Å²) in [5.41, 5.74) is 3.14. The Hall–Kier alpha value is -2.55. The zero-order chi connectivity index (χ0) is 15.2. The largest absolute Gasteiger partial charge is 0.497 e. The minimum absolute atomic E-state index is 0.402. The second kappa shape index (κ2) is 6.75. The van der Waals surface area contributed by atoms with Crippen LogP contribution >= 0.6 is 0 Å². The second-order valence-corrected chi connectivity index (χ2v) is 4.78. The van der Waals surface area contributed by atoms with Crippen molar-refractivity contribution in [1.29, 1.82) is 0 Å². The summed E-state index contributed by atoms with van der Waals surface area (Å²) in [6.07, 6.45) is 3.11. The molecule has 0 fully saturated rings. The maximum atomic E-state index is 11.8. The third kappa shape index (κ3) is 4.21. The summed E-state index contributed by atoms with van der Waals surface area (Å²) >= 11 is 0. The third-order valence-corrected chi connectivity index (χ3v) is 3.20. The van der Waals surface area contributed by atoms with E-state index in [0.717, 1.165) is 16.9 Å². The molecule has 0 aliphatic heterocycles. The van der Waals surface area contributed by atoms with Crippen LogP contribution in [0.15, 0.2) is 48.5 Å². The molecule has 0 aliphatic carbocycles. The van der Waals surface area contributed by atoms with Crippen molar-refractivity contribution in [1.82, 2.24) is 0 Å². The van der Waals surface area contributed by atoms with E-state index in [9.17, 15) is 4.79 Å². The Labute approximate surface area is 124 Å². The highest BCUT2D eigenvalue weighted by atomic mass is 16.5. The number of benzene rings is 2. The molecule has 0 bridgehead atoms. The highest BCUT2D eigenvalue weighted by Gasteiger charge is 2.02. The van der Waals surface area contributed by atoms with Crippen molar-refractivity contribution >= 4 is 12.0 Å². The zero-order valence-corrected chi connectivity index (χ0v) is 12.4. The summed E-state index contributed by atoms with van der Waals surface area (Å²) in [4.78, 5) is 11.8. The van der Waals surface area contributed by atoms with Gasteiger partial charge in [0.05, 0.1) is 7.11 Å². The molecule has 0 saturated carbocycles. The molecule has 0 aliphatic rings. The van der Waals surface area contributed by atoms with Crippen LogP contribution in [-0.2, 0) is 4.79 Å². The molecule has 0 heterocycles. The second-order valence-electron chi connectivity index (χ2n) is 4.78. The van der Waals surface area contributed by atoms with E-state index in [1.807, 2.05) is 50.2 Å². The van der Waals surface area contributed by atoms with Gasteiger partial charge >= 0.3 is 5.97 Å². The molecule has 108 valence electrons. The van der Waals surface area contributed by atoms with E-state index >= 15 is 0 Å². The molecule has 3 nitrogen and oxygen atoms in total. The van der Waals surface area contributed by atoms with Crippen LogP contribution in [-0.4, -0.2) is 13.1 Å². The van der Waals surface area contributed by atoms with Crippen LogP contribution in [0.4, 0.5) is 0 Å². The number of carbonyl (C=O) groups excluding carboxylic acids is 1. The molecular formula is C18H18O3. The molecule has 3 heteroatoms. The molecule has 0 amide bonds. The number of ether oxygens (including phenoxy) is 2. The Morgan fingerprint density at radius 3 is 2.52 bits per heavy atom. The van der Waals surface area contributed by atoms with Gasteiger partial charge in [-0.2, -0.15) is 0 Å². The zero-order valence-electron chi connectivity index (χ0n) is 12.4. The van der Waals surface area contributed by atoms with E-state index in [1.165, 1.54) is 11.6 Å². The van der Waals surface area contributed by atoms with Gasteiger partial charge < -0.3 is 9.47 Å². The number of hydrogen-bond donors (Lipinski definition) is 0. The Balaban J connectivity index is 2.03. The predicted octanol–water partition coefficient (Wildman–Crippen LogP) is 3.93. The number of rotatable bonds is 4. The molecule has 0 aromatic heterocycles. The van der Waals surface area contributed by atoms with Crippen molar-refractivity contribution in [2.75, 3.05) is 7.11 Å². The van der Waals surface area contributed by atoms with Crippen LogP contribution in [0, 0.1) is 13.8 Å². The summed E-state index contributed by atoms with van der Waals surface area (Å²) in [7, 11) is 1.61. The molecule has 2 aromatic rings. The van der Waals surface area contributed by atoms with Gasteiger partial charge in [0.1, 0.15) is 11.5 Å². The highest BCUT2D eigenvalue weighted by Crippen LogP contribution is 2.17. The van der Waals surface area contributed by atoms with Gasteiger partial charge in [0, 0.05) is 6.08 Å². The summed E-state index contributed by atoms with van der Waals surface area (Å²) < 4.78 is 10.4. The van der Waals surface area contributed by atoms with Crippen molar-refractivity contribution in [2.45, 2.75) is 13.8 Å². The molecule has 0 spiro atoms. The fourth-order valence-corrected chi connectivity index (χ4v) is 1.84. The predicted molar refractivity (Wildman–Crippen MR) is 83.6 cm³/mol. The highest BCUT2D eigenvalue weighted by molar-refractivity contribution is 5.88. The Morgan fingerprint density at radius 2 is 1.81 bits per heavy atom. The number of hydrogen-bond acceptors (Lipinski definition) is 3. The van der Waals surface area contributed by atoms with E-state index in [1.54, 1.807) is 19.3 Å². The van der Waals surface area contributed by atoms with Gasteiger partial charge in [0.2, 0.25) is 0 Å². The number of esters is 1. The van der Waals surface area contributed by atoms with Crippen LogP contribution in [0.3, 0.4) is 0 Å². The van der Waals surface area contributed by atoms with E-state index in [-0.39, 0.29) is 0 Å². The molecule has 0 radical (unpaired) electrons. The summed E-state index contributed by atoms with van der Waals surface area (Å²) in [5.74, 6) is 0.902. The van der Waals surface area contributed by atoms with Crippen molar-refractivity contribution in [2.24, 2.45) is 0 Å². The van der Waals surface area contributed by atoms with E-state index < -0.39 is 5.97 Å². The first-order valence-corrected chi connectivity index (χ1v) is 6.69. The molecule has 2 rings (SSSR count). The number of aryl methyl sites for hydroxylation is 2. The monoisotopic (exact) mass is 282 g/mol. The van der Waals surface area contributed by atoms with Gasteiger partial charge in [0.15, 0.2) is 0 Å². The Bertz CT molecular complexity index is 672. The van der Waals surface area contributed by atoms with Gasteiger partial charge in [0.25, 0.3) is 0 Å². The average molecular weight is 282 g/mol. The first kappa shape index (κ1) is 14.9. The van der Waals surface area contributed by atoms with Crippen molar-refractivity contribution in [3.63, 3.8) is 0 Å². The first-order valence-electron chi connectivity index (χ1n) is 6.69. The third-order valence-electron chi connectivity index (χ3n) is 3.20. The number of carbonyl (C=O) groups is 1. The standard InChI is InChI=1S/C18H18O3/c1-13-7-9-17(11-14(13)2)21-18(19)10-8-15-5-4-6-16(12-15)20-3/h4-12H,1-3H3/b10-8+. The fraction of sp³-hybridized carbons (Fsp3) is 0.167. The molecule has 0 atom stereocenters. The summed E-state index contributed by atoms with van der Waals surface area (Å²) in [6.45, 7) is 4.00. The molecule has 0 unspecified atom stereocenters. The lowest BCUT2D eigenvalue weighted by molar-refractivity contribution is -0.128.